The van der Waals surface area contributed by atoms with E-state index in [0.717, 1.165) is 26.7 Å². The highest BCUT2D eigenvalue weighted by atomic mass is 35.5. The van der Waals surface area contributed by atoms with E-state index in [9.17, 15) is 0 Å². The first-order valence-corrected chi connectivity index (χ1v) is 4.21. The standard InChI is InChI=1S/C9H10Cl2/c1-5-4-8(10)6(2)7(3)9(5)11/h4H,1-3H3. The molecule has 0 aliphatic carbocycles. The molecule has 0 fully saturated rings. The predicted octanol–water partition coefficient (Wildman–Crippen LogP) is 3.92. The van der Waals surface area contributed by atoms with E-state index in [1.807, 2.05) is 26.8 Å². The van der Waals surface area contributed by atoms with E-state index in [1.165, 1.54) is 0 Å². The van der Waals surface area contributed by atoms with Crippen LogP contribution in [0.2, 0.25) is 10.0 Å². The summed E-state index contributed by atoms with van der Waals surface area (Å²) in [6.07, 6.45) is 0. The third kappa shape index (κ3) is 1.52. The second-order valence-corrected chi connectivity index (χ2v) is 3.52. The number of aryl methyl sites for hydroxylation is 1. The number of hydrogen-bond donors (Lipinski definition) is 0. The van der Waals surface area contributed by atoms with E-state index in [1.54, 1.807) is 0 Å². The number of rotatable bonds is 0. The average molecular weight is 189 g/mol. The molecule has 1 rings (SSSR count). The van der Waals surface area contributed by atoms with Crippen molar-refractivity contribution in [3.8, 4) is 0 Å². The summed E-state index contributed by atoms with van der Waals surface area (Å²) < 4.78 is 0. The van der Waals surface area contributed by atoms with Crippen LogP contribution in [-0.4, -0.2) is 0 Å². The Balaban J connectivity index is 3.46. The first-order valence-electron chi connectivity index (χ1n) is 3.46. The molecule has 0 aromatic heterocycles. The highest BCUT2D eigenvalue weighted by Crippen LogP contribution is 2.28. The molecule has 1 aromatic rings. The third-order valence-corrected chi connectivity index (χ3v) is 2.91. The quantitative estimate of drug-likeness (QED) is 0.580. The van der Waals surface area contributed by atoms with Gasteiger partial charge in [0.25, 0.3) is 0 Å². The fourth-order valence-electron chi connectivity index (χ4n) is 1.00. The molecule has 0 saturated carbocycles. The first kappa shape index (κ1) is 8.89. The summed E-state index contributed by atoms with van der Waals surface area (Å²) in [6.45, 7) is 5.92. The molecular formula is C9H10Cl2. The Morgan fingerprint density at radius 1 is 1.00 bits per heavy atom. The van der Waals surface area contributed by atoms with Gasteiger partial charge in [0.1, 0.15) is 0 Å². The van der Waals surface area contributed by atoms with Gasteiger partial charge in [-0.1, -0.05) is 23.2 Å². The van der Waals surface area contributed by atoms with Crippen LogP contribution in [0.25, 0.3) is 0 Å². The smallest absolute Gasteiger partial charge is 0.0468 e. The Hall–Kier alpha value is -0.200. The minimum absolute atomic E-state index is 0.796. The Bertz CT molecular complexity index is 264. The monoisotopic (exact) mass is 188 g/mol. The molecule has 0 aliphatic heterocycles. The lowest BCUT2D eigenvalue weighted by molar-refractivity contribution is 1.30. The van der Waals surface area contributed by atoms with Crippen LogP contribution in [-0.2, 0) is 0 Å². The van der Waals surface area contributed by atoms with Gasteiger partial charge in [-0.3, -0.25) is 0 Å². The van der Waals surface area contributed by atoms with Gasteiger partial charge in [0.15, 0.2) is 0 Å². The highest BCUT2D eigenvalue weighted by molar-refractivity contribution is 6.34. The van der Waals surface area contributed by atoms with E-state index < -0.39 is 0 Å². The molecule has 0 unspecified atom stereocenters. The topological polar surface area (TPSA) is 0 Å². The molecule has 0 saturated heterocycles. The molecule has 0 spiro atoms. The predicted molar refractivity (Wildman–Crippen MR) is 50.7 cm³/mol. The Labute approximate surface area is 77.1 Å². The Morgan fingerprint density at radius 2 is 1.55 bits per heavy atom. The lowest BCUT2D eigenvalue weighted by Gasteiger charge is -2.07. The van der Waals surface area contributed by atoms with E-state index >= 15 is 0 Å². The highest BCUT2D eigenvalue weighted by Gasteiger charge is 2.05. The van der Waals surface area contributed by atoms with Crippen LogP contribution in [0.4, 0.5) is 0 Å². The first-order chi connectivity index (χ1) is 5.04. The molecular weight excluding hydrogens is 179 g/mol. The van der Waals surface area contributed by atoms with Crippen molar-refractivity contribution in [2.24, 2.45) is 0 Å². The molecule has 2 heteroatoms. The van der Waals surface area contributed by atoms with Gasteiger partial charge in [-0.05, 0) is 43.5 Å². The maximum absolute atomic E-state index is 6.00. The lowest BCUT2D eigenvalue weighted by atomic mass is 10.1. The Morgan fingerprint density at radius 3 is 2.09 bits per heavy atom. The van der Waals surface area contributed by atoms with Gasteiger partial charge in [0.05, 0.1) is 0 Å². The van der Waals surface area contributed by atoms with Crippen LogP contribution >= 0.6 is 23.2 Å². The van der Waals surface area contributed by atoms with E-state index in [-0.39, 0.29) is 0 Å². The minimum Gasteiger partial charge on any atom is -0.0840 e. The van der Waals surface area contributed by atoms with Crippen LogP contribution in [0, 0.1) is 20.8 Å². The van der Waals surface area contributed by atoms with Crippen molar-refractivity contribution in [1.82, 2.24) is 0 Å². The van der Waals surface area contributed by atoms with Crippen molar-refractivity contribution >= 4 is 23.2 Å². The number of hydrogen-bond acceptors (Lipinski definition) is 0. The van der Waals surface area contributed by atoms with Crippen LogP contribution in [0.1, 0.15) is 16.7 Å². The van der Waals surface area contributed by atoms with Crippen molar-refractivity contribution in [2.75, 3.05) is 0 Å². The zero-order chi connectivity index (χ0) is 8.59. The van der Waals surface area contributed by atoms with Crippen molar-refractivity contribution in [3.05, 3.63) is 32.8 Å². The summed E-state index contributed by atoms with van der Waals surface area (Å²) >= 11 is 11.9. The average Bonchev–Trinajstić information content (AvgIpc) is 1.97. The SMILES string of the molecule is Cc1cc(Cl)c(C)c(C)c1Cl. The normalized spacial score (nSPS) is 10.3. The molecule has 1 aromatic carbocycles. The summed E-state index contributed by atoms with van der Waals surface area (Å²) in [7, 11) is 0. The summed E-state index contributed by atoms with van der Waals surface area (Å²) in [4.78, 5) is 0. The fourth-order valence-corrected chi connectivity index (χ4v) is 1.50. The second kappa shape index (κ2) is 3.04. The van der Waals surface area contributed by atoms with E-state index in [0.29, 0.717) is 0 Å². The summed E-state index contributed by atoms with van der Waals surface area (Å²) in [5.74, 6) is 0. The molecule has 11 heavy (non-hydrogen) atoms. The fraction of sp³-hybridized carbons (Fsp3) is 0.333. The van der Waals surface area contributed by atoms with Gasteiger partial charge in [-0.2, -0.15) is 0 Å². The molecule has 0 nitrogen and oxygen atoms in total. The largest absolute Gasteiger partial charge is 0.0840 e. The molecule has 0 heterocycles. The summed E-state index contributed by atoms with van der Waals surface area (Å²) in [6, 6.07) is 1.90. The van der Waals surface area contributed by atoms with Crippen LogP contribution < -0.4 is 0 Å². The van der Waals surface area contributed by atoms with E-state index in [2.05, 4.69) is 0 Å². The lowest BCUT2D eigenvalue weighted by Crippen LogP contribution is -1.87. The van der Waals surface area contributed by atoms with Crippen molar-refractivity contribution in [2.45, 2.75) is 20.8 Å². The zero-order valence-corrected chi connectivity index (χ0v) is 8.35. The third-order valence-electron chi connectivity index (χ3n) is 1.94. The maximum Gasteiger partial charge on any atom is 0.0468 e. The summed E-state index contributed by atoms with van der Waals surface area (Å²) in [5.41, 5.74) is 3.19. The van der Waals surface area contributed by atoms with Gasteiger partial charge in [-0.15, -0.1) is 0 Å². The van der Waals surface area contributed by atoms with Crippen molar-refractivity contribution < 1.29 is 0 Å². The van der Waals surface area contributed by atoms with Crippen LogP contribution in [0.5, 0.6) is 0 Å². The molecule has 0 bridgehead atoms. The molecule has 0 atom stereocenters. The van der Waals surface area contributed by atoms with Crippen molar-refractivity contribution in [3.63, 3.8) is 0 Å². The minimum atomic E-state index is 0.796. The van der Waals surface area contributed by atoms with Gasteiger partial charge < -0.3 is 0 Å². The number of benzene rings is 1. The molecule has 0 N–H and O–H groups in total. The molecule has 0 aliphatic rings. The second-order valence-electron chi connectivity index (χ2n) is 2.74. The van der Waals surface area contributed by atoms with Crippen LogP contribution in [0.15, 0.2) is 6.07 Å². The van der Waals surface area contributed by atoms with Gasteiger partial charge in [0.2, 0.25) is 0 Å². The summed E-state index contributed by atoms with van der Waals surface area (Å²) in [5, 5.41) is 1.62. The maximum atomic E-state index is 6.00. The van der Waals surface area contributed by atoms with Gasteiger partial charge in [0, 0.05) is 10.0 Å². The molecule has 0 amide bonds. The molecule has 60 valence electrons. The molecule has 0 radical (unpaired) electrons. The van der Waals surface area contributed by atoms with Gasteiger partial charge >= 0.3 is 0 Å². The van der Waals surface area contributed by atoms with Gasteiger partial charge in [-0.25, -0.2) is 0 Å². The van der Waals surface area contributed by atoms with Crippen molar-refractivity contribution in [1.29, 1.82) is 0 Å². The Kier molecular flexibility index (Phi) is 2.46. The number of halogens is 2. The van der Waals surface area contributed by atoms with E-state index in [4.69, 9.17) is 23.2 Å². The zero-order valence-electron chi connectivity index (χ0n) is 6.83. The van der Waals surface area contributed by atoms with Crippen LogP contribution in [0.3, 0.4) is 0 Å².